The van der Waals surface area contributed by atoms with E-state index in [1.807, 2.05) is 60.2 Å². The highest BCUT2D eigenvalue weighted by Crippen LogP contribution is 2.49. The van der Waals surface area contributed by atoms with Gasteiger partial charge < -0.3 is 18.6 Å². The number of benzene rings is 2. The number of hydrogen-bond acceptors (Lipinski definition) is 9. The van der Waals surface area contributed by atoms with Gasteiger partial charge in [0.2, 0.25) is 5.91 Å². The topological polar surface area (TPSA) is 149 Å². The van der Waals surface area contributed by atoms with Crippen LogP contribution < -0.4 is 20.3 Å². The molecule has 57 heavy (non-hydrogen) atoms. The molecule has 4 aliphatic rings. The van der Waals surface area contributed by atoms with Crippen molar-refractivity contribution in [3.63, 3.8) is 0 Å². The van der Waals surface area contributed by atoms with Crippen molar-refractivity contribution in [1.82, 2.24) is 24.3 Å². The first kappa shape index (κ1) is 39.7. The van der Waals surface area contributed by atoms with Crippen molar-refractivity contribution in [3.05, 3.63) is 81.4 Å². The first-order chi connectivity index (χ1) is 27.4. The Bertz CT molecular complexity index is 2310. The van der Waals surface area contributed by atoms with Crippen LogP contribution in [0.3, 0.4) is 0 Å². The molecule has 2 aromatic carbocycles. The van der Waals surface area contributed by atoms with Crippen molar-refractivity contribution in [2.45, 2.75) is 82.7 Å². The van der Waals surface area contributed by atoms with E-state index in [9.17, 15) is 28.8 Å². The normalized spacial score (nSPS) is 18.6. The predicted octanol–water partition coefficient (Wildman–Crippen LogP) is 5.33. The summed E-state index contributed by atoms with van der Waals surface area (Å²) in [6.07, 6.45) is 12.0. The molecule has 0 atom stereocenters. The van der Waals surface area contributed by atoms with Gasteiger partial charge in [-0.1, -0.05) is 44.2 Å². The van der Waals surface area contributed by atoms with Crippen molar-refractivity contribution in [2.75, 3.05) is 27.8 Å². The quantitative estimate of drug-likeness (QED) is 0.105. The Labute approximate surface area is 331 Å². The summed E-state index contributed by atoms with van der Waals surface area (Å²) in [5.41, 5.74) is 3.44. The standard InChI is InChI=1S/C44H51N5O8/c1-46(25-34-35(56-4)20-28(21-36(34)57-5)33-26-48(3)42(54)38-31(33)18-19-47(38)2)24-30(50)16-12-10-8-6-7-9-11-14-27-15-13-17-32-37(27)41(53)49(40(32)52)44-22-29(23-44)39(51)45-43(44)55/h13,15,17-21,26,29H,6-12,14,16,22-25H2,1-5H3,(H,45,51,55). The second kappa shape index (κ2) is 16.1. The number of imide groups is 2. The van der Waals surface area contributed by atoms with E-state index in [2.05, 4.69) is 5.32 Å². The van der Waals surface area contributed by atoms with E-state index in [0.717, 1.165) is 77.5 Å². The van der Waals surface area contributed by atoms with Gasteiger partial charge in [0.1, 0.15) is 28.3 Å². The zero-order valence-corrected chi connectivity index (χ0v) is 33.4. The monoisotopic (exact) mass is 777 g/mol. The van der Waals surface area contributed by atoms with E-state index in [1.54, 1.807) is 38.0 Å². The number of Topliss-reactive ketones (excluding diaryl/α,β-unsaturated/α-hetero) is 1. The van der Waals surface area contributed by atoms with Crippen LogP contribution in [-0.4, -0.2) is 81.7 Å². The molecule has 2 saturated heterocycles. The molecule has 1 aliphatic carbocycles. The molecule has 4 amide bonds. The molecule has 3 fully saturated rings. The summed E-state index contributed by atoms with van der Waals surface area (Å²) in [6, 6.07) is 11.2. The average Bonchev–Trinajstić information content (AvgIpc) is 3.68. The van der Waals surface area contributed by atoms with Crippen LogP contribution in [0.5, 0.6) is 11.5 Å². The zero-order chi connectivity index (χ0) is 40.6. The third-order valence-corrected chi connectivity index (χ3v) is 12.0. The highest BCUT2D eigenvalue weighted by atomic mass is 16.5. The summed E-state index contributed by atoms with van der Waals surface area (Å²) in [5.74, 6) is -0.647. The number of nitrogens with one attached hydrogen (secondary N) is 1. The number of ether oxygens (including phenoxy) is 2. The maximum atomic E-state index is 13.6. The second-order valence-electron chi connectivity index (χ2n) is 15.9. The molecular formula is C44H51N5O8. The number of fused-ring (bicyclic) bond motifs is 4. The summed E-state index contributed by atoms with van der Waals surface area (Å²) in [6.45, 7) is 0.768. The van der Waals surface area contributed by atoms with Gasteiger partial charge >= 0.3 is 0 Å². The number of aromatic nitrogens is 2. The number of pyridine rings is 1. The van der Waals surface area contributed by atoms with Crippen molar-refractivity contribution >= 4 is 40.3 Å². The van der Waals surface area contributed by atoms with Crippen LogP contribution in [0.1, 0.15) is 96.1 Å². The SMILES string of the molecule is COc1cc(-c2cn(C)c(=O)c3c2ccn3C)cc(OC)c1CN(C)CC(=O)CCCCCCCCCc1cccc2c1C(=O)N(C13CC(C1)C(=O)NC3=O)C2=O. The number of aryl methyl sites for hydroxylation is 3. The smallest absolute Gasteiger partial charge is 0.274 e. The van der Waals surface area contributed by atoms with Gasteiger partial charge in [0, 0.05) is 56.3 Å². The van der Waals surface area contributed by atoms with Crippen LogP contribution in [0.4, 0.5) is 0 Å². The molecule has 0 unspecified atom stereocenters. The summed E-state index contributed by atoms with van der Waals surface area (Å²) in [7, 11) is 8.76. The van der Waals surface area contributed by atoms with Gasteiger partial charge in [-0.05, 0) is 74.5 Å². The molecule has 1 N–H and O–H groups in total. The maximum absolute atomic E-state index is 13.6. The van der Waals surface area contributed by atoms with Crippen LogP contribution >= 0.6 is 0 Å². The molecule has 0 radical (unpaired) electrons. The minimum Gasteiger partial charge on any atom is -0.496 e. The molecule has 2 aromatic heterocycles. The average molecular weight is 778 g/mol. The molecule has 0 spiro atoms. The van der Waals surface area contributed by atoms with Gasteiger partial charge in [-0.15, -0.1) is 0 Å². The van der Waals surface area contributed by atoms with Crippen LogP contribution in [0.2, 0.25) is 0 Å². The number of rotatable bonds is 18. The molecular weight excluding hydrogens is 727 g/mol. The molecule has 300 valence electrons. The zero-order valence-electron chi connectivity index (χ0n) is 33.4. The van der Waals surface area contributed by atoms with Crippen LogP contribution in [-0.2, 0) is 41.4 Å². The molecule has 1 saturated carbocycles. The number of hydrogen-bond donors (Lipinski definition) is 1. The van der Waals surface area contributed by atoms with Gasteiger partial charge in [0.05, 0.1) is 37.5 Å². The van der Waals surface area contributed by atoms with Crippen molar-refractivity contribution in [2.24, 2.45) is 20.0 Å². The van der Waals surface area contributed by atoms with Crippen molar-refractivity contribution < 1.29 is 33.4 Å². The van der Waals surface area contributed by atoms with E-state index >= 15 is 0 Å². The van der Waals surface area contributed by atoms with Crippen LogP contribution in [0.25, 0.3) is 22.0 Å². The third-order valence-electron chi connectivity index (χ3n) is 12.0. The van der Waals surface area contributed by atoms with E-state index in [0.29, 0.717) is 54.1 Å². The minimum atomic E-state index is -1.26. The van der Waals surface area contributed by atoms with Gasteiger partial charge in [-0.2, -0.15) is 0 Å². The Balaban J connectivity index is 0.837. The van der Waals surface area contributed by atoms with Gasteiger partial charge in [-0.3, -0.25) is 43.9 Å². The molecule has 13 nitrogen and oxygen atoms in total. The summed E-state index contributed by atoms with van der Waals surface area (Å²) < 4.78 is 15.1. The highest BCUT2D eigenvalue weighted by molar-refractivity contribution is 6.25. The Morgan fingerprint density at radius 1 is 0.860 bits per heavy atom. The highest BCUT2D eigenvalue weighted by Gasteiger charge is 2.65. The predicted molar refractivity (Wildman–Crippen MR) is 214 cm³/mol. The maximum Gasteiger partial charge on any atom is 0.274 e. The van der Waals surface area contributed by atoms with E-state index in [1.165, 1.54) is 0 Å². The molecule has 3 aliphatic heterocycles. The van der Waals surface area contributed by atoms with Crippen molar-refractivity contribution in [1.29, 1.82) is 0 Å². The largest absolute Gasteiger partial charge is 0.496 e. The first-order valence-electron chi connectivity index (χ1n) is 19.8. The van der Waals surface area contributed by atoms with Gasteiger partial charge in [0.25, 0.3) is 23.3 Å². The Morgan fingerprint density at radius 2 is 1.53 bits per heavy atom. The van der Waals surface area contributed by atoms with E-state index in [-0.39, 0.29) is 36.0 Å². The number of methoxy groups -OCH3 is 2. The molecule has 8 rings (SSSR count). The van der Waals surface area contributed by atoms with Crippen LogP contribution in [0.15, 0.2) is 53.6 Å². The van der Waals surface area contributed by atoms with Gasteiger partial charge in [-0.25, -0.2) is 0 Å². The number of carbonyl (C=O) groups excluding carboxylic acids is 5. The number of ketones is 1. The Kier molecular flexibility index (Phi) is 11.2. The van der Waals surface area contributed by atoms with E-state index in [4.69, 9.17) is 9.47 Å². The number of piperidine rings is 2. The summed E-state index contributed by atoms with van der Waals surface area (Å²) in [4.78, 5) is 80.5. The first-order valence-corrected chi connectivity index (χ1v) is 19.8. The lowest BCUT2D eigenvalue weighted by Crippen LogP contribution is -2.74. The molecule has 5 heterocycles. The lowest BCUT2D eigenvalue weighted by atomic mass is 9.63. The van der Waals surface area contributed by atoms with Crippen LogP contribution in [0, 0.1) is 5.92 Å². The van der Waals surface area contributed by atoms with Gasteiger partial charge in [0.15, 0.2) is 0 Å². The Morgan fingerprint density at radius 3 is 2.19 bits per heavy atom. The lowest BCUT2D eigenvalue weighted by Gasteiger charge is -2.52. The fraction of sp³-hybridized carbons (Fsp3) is 0.455. The van der Waals surface area contributed by atoms with E-state index < -0.39 is 23.3 Å². The number of likely N-dealkylation sites (N-methyl/N-ethyl adjacent to an activating group) is 1. The van der Waals surface area contributed by atoms with Crippen molar-refractivity contribution in [3.8, 4) is 22.6 Å². The molecule has 4 aromatic rings. The number of unbranched alkanes of at least 4 members (excludes halogenated alkanes) is 6. The number of nitrogens with zero attached hydrogens (tertiary/aromatic N) is 4. The number of carbonyl (C=O) groups is 5. The fourth-order valence-corrected chi connectivity index (χ4v) is 8.95. The molecule has 2 bridgehead atoms. The molecule has 13 heteroatoms. The summed E-state index contributed by atoms with van der Waals surface area (Å²) >= 11 is 0. The second-order valence-corrected chi connectivity index (χ2v) is 15.9. The third kappa shape index (κ3) is 7.29. The Hall–Kier alpha value is -5.56. The summed E-state index contributed by atoms with van der Waals surface area (Å²) in [5, 5.41) is 3.18. The minimum absolute atomic E-state index is 0.0673. The fourth-order valence-electron chi connectivity index (χ4n) is 8.95. The lowest BCUT2D eigenvalue weighted by molar-refractivity contribution is -0.158. The number of amides is 4.